The van der Waals surface area contributed by atoms with Crippen LogP contribution in [0.5, 0.6) is 0 Å². The molecule has 0 fully saturated rings. The molecular weight excluding hydrogens is 166 g/mol. The molecule has 0 aliphatic heterocycles. The van der Waals surface area contributed by atoms with Crippen molar-refractivity contribution in [3.8, 4) is 0 Å². The molecule has 1 aromatic rings. The molecule has 56 valence electrons. The number of alkyl halides is 1. The van der Waals surface area contributed by atoms with E-state index in [1.54, 1.807) is 11.3 Å². The number of hydrogen-bond donors (Lipinski definition) is 1. The quantitative estimate of drug-likeness (QED) is 0.546. The Labute approximate surface area is 70.0 Å². The zero-order chi connectivity index (χ0) is 7.23. The van der Waals surface area contributed by atoms with Crippen LogP contribution in [-0.4, -0.2) is 12.4 Å². The van der Waals surface area contributed by atoms with Crippen molar-refractivity contribution in [2.75, 3.05) is 12.4 Å². The lowest BCUT2D eigenvalue weighted by atomic mass is 10.3. The van der Waals surface area contributed by atoms with E-state index in [1.807, 2.05) is 0 Å². The number of thiophene rings is 1. The van der Waals surface area contributed by atoms with Crippen molar-refractivity contribution in [2.24, 2.45) is 0 Å². The second kappa shape index (κ2) is 4.72. The molecule has 0 aromatic carbocycles. The highest BCUT2D eigenvalue weighted by Gasteiger charge is 1.89. The monoisotopic (exact) mass is 175 g/mol. The van der Waals surface area contributed by atoms with Crippen LogP contribution in [-0.2, 0) is 6.54 Å². The summed E-state index contributed by atoms with van der Waals surface area (Å²) in [6.45, 7) is 1.83. The summed E-state index contributed by atoms with van der Waals surface area (Å²) >= 11 is 7.21. The van der Waals surface area contributed by atoms with Crippen LogP contribution in [0.2, 0.25) is 0 Å². The van der Waals surface area contributed by atoms with Gasteiger partial charge in [0, 0.05) is 19.0 Å². The first-order valence-corrected chi connectivity index (χ1v) is 4.69. The van der Waals surface area contributed by atoms with Gasteiger partial charge in [0.2, 0.25) is 0 Å². The Hall–Kier alpha value is -0.0500. The third-order valence-corrected chi connectivity index (χ3v) is 2.10. The number of rotatable bonds is 4. The summed E-state index contributed by atoms with van der Waals surface area (Å²) in [6, 6.07) is 2.12. The average molecular weight is 176 g/mol. The first-order chi connectivity index (χ1) is 4.93. The van der Waals surface area contributed by atoms with Gasteiger partial charge in [-0.2, -0.15) is 11.3 Å². The average Bonchev–Trinajstić information content (AvgIpc) is 2.41. The molecule has 1 heterocycles. The molecule has 0 saturated heterocycles. The van der Waals surface area contributed by atoms with E-state index in [0.29, 0.717) is 5.88 Å². The van der Waals surface area contributed by atoms with Crippen molar-refractivity contribution >= 4 is 22.9 Å². The van der Waals surface area contributed by atoms with Crippen LogP contribution >= 0.6 is 22.9 Å². The molecule has 0 radical (unpaired) electrons. The summed E-state index contributed by atoms with van der Waals surface area (Å²) in [5.41, 5.74) is 1.34. The molecule has 1 N–H and O–H groups in total. The van der Waals surface area contributed by atoms with Gasteiger partial charge in [0.25, 0.3) is 0 Å². The van der Waals surface area contributed by atoms with E-state index < -0.39 is 0 Å². The Morgan fingerprint density at radius 1 is 1.60 bits per heavy atom. The second-order valence-corrected chi connectivity index (χ2v) is 3.16. The summed E-state index contributed by atoms with van der Waals surface area (Å²) in [5.74, 6) is 0.685. The van der Waals surface area contributed by atoms with Gasteiger partial charge in [-0.1, -0.05) is 0 Å². The number of halogens is 1. The van der Waals surface area contributed by atoms with E-state index in [9.17, 15) is 0 Å². The molecule has 0 aliphatic carbocycles. The lowest BCUT2D eigenvalue weighted by molar-refractivity contribution is 0.732. The highest BCUT2D eigenvalue weighted by molar-refractivity contribution is 7.07. The summed E-state index contributed by atoms with van der Waals surface area (Å²) in [6.07, 6.45) is 0. The van der Waals surface area contributed by atoms with Crippen molar-refractivity contribution in [1.29, 1.82) is 0 Å². The van der Waals surface area contributed by atoms with E-state index in [1.165, 1.54) is 5.56 Å². The molecule has 3 heteroatoms. The van der Waals surface area contributed by atoms with Crippen molar-refractivity contribution in [3.63, 3.8) is 0 Å². The standard InChI is InChI=1S/C7H10ClNS/c8-2-3-9-5-7-1-4-10-6-7/h1,4,6,9H,2-3,5H2. The molecule has 0 spiro atoms. The number of hydrogen-bond acceptors (Lipinski definition) is 2. The fourth-order valence-electron chi connectivity index (χ4n) is 0.693. The van der Waals surface area contributed by atoms with Gasteiger partial charge in [-0.25, -0.2) is 0 Å². The normalized spacial score (nSPS) is 10.1. The van der Waals surface area contributed by atoms with Crippen LogP contribution in [0.25, 0.3) is 0 Å². The molecule has 1 nitrogen and oxygen atoms in total. The Kier molecular flexibility index (Phi) is 3.80. The third-order valence-electron chi connectivity index (χ3n) is 1.18. The predicted octanol–water partition coefficient (Wildman–Crippen LogP) is 2.08. The van der Waals surface area contributed by atoms with Crippen LogP contribution < -0.4 is 5.32 Å². The van der Waals surface area contributed by atoms with Crippen LogP contribution in [0.1, 0.15) is 5.56 Å². The van der Waals surface area contributed by atoms with E-state index in [2.05, 4.69) is 22.1 Å². The molecule has 0 aliphatic rings. The third kappa shape index (κ3) is 2.69. The summed E-state index contributed by atoms with van der Waals surface area (Å²) < 4.78 is 0. The molecule has 1 rings (SSSR count). The maximum absolute atomic E-state index is 5.48. The van der Waals surface area contributed by atoms with Crippen molar-refractivity contribution in [2.45, 2.75) is 6.54 Å². The minimum atomic E-state index is 0.685. The van der Waals surface area contributed by atoms with Gasteiger partial charge >= 0.3 is 0 Å². The molecule has 10 heavy (non-hydrogen) atoms. The predicted molar refractivity (Wildman–Crippen MR) is 46.7 cm³/mol. The lowest BCUT2D eigenvalue weighted by Crippen LogP contribution is -2.14. The van der Waals surface area contributed by atoms with Crippen LogP contribution in [0, 0.1) is 0 Å². The minimum absolute atomic E-state index is 0.685. The van der Waals surface area contributed by atoms with Gasteiger partial charge in [0.05, 0.1) is 0 Å². The summed E-state index contributed by atoms with van der Waals surface area (Å²) in [5, 5.41) is 7.43. The van der Waals surface area contributed by atoms with Gasteiger partial charge in [-0.05, 0) is 22.4 Å². The van der Waals surface area contributed by atoms with Gasteiger partial charge in [0.1, 0.15) is 0 Å². The Morgan fingerprint density at radius 2 is 2.50 bits per heavy atom. The fraction of sp³-hybridized carbons (Fsp3) is 0.429. The largest absolute Gasteiger partial charge is 0.311 e. The van der Waals surface area contributed by atoms with Crippen molar-refractivity contribution in [3.05, 3.63) is 22.4 Å². The topological polar surface area (TPSA) is 12.0 Å². The molecule has 0 amide bonds. The molecule has 1 aromatic heterocycles. The SMILES string of the molecule is ClCCNCc1ccsc1. The van der Waals surface area contributed by atoms with Gasteiger partial charge < -0.3 is 5.32 Å². The van der Waals surface area contributed by atoms with E-state index in [-0.39, 0.29) is 0 Å². The van der Waals surface area contributed by atoms with E-state index >= 15 is 0 Å². The molecule has 0 bridgehead atoms. The van der Waals surface area contributed by atoms with Crippen LogP contribution in [0.3, 0.4) is 0 Å². The highest BCUT2D eigenvalue weighted by Crippen LogP contribution is 2.04. The zero-order valence-corrected chi connectivity index (χ0v) is 7.21. The maximum atomic E-state index is 5.48. The second-order valence-electron chi connectivity index (χ2n) is 2.00. The van der Waals surface area contributed by atoms with E-state index in [4.69, 9.17) is 11.6 Å². The molecule has 0 atom stereocenters. The summed E-state index contributed by atoms with van der Waals surface area (Å²) in [7, 11) is 0. The minimum Gasteiger partial charge on any atom is -0.311 e. The molecule has 0 unspecified atom stereocenters. The number of nitrogens with one attached hydrogen (secondary N) is 1. The van der Waals surface area contributed by atoms with Gasteiger partial charge in [0.15, 0.2) is 0 Å². The smallest absolute Gasteiger partial charge is 0.0348 e. The molecule has 0 saturated carbocycles. The van der Waals surface area contributed by atoms with Gasteiger partial charge in [-0.3, -0.25) is 0 Å². The highest BCUT2D eigenvalue weighted by atomic mass is 35.5. The Morgan fingerprint density at radius 3 is 3.10 bits per heavy atom. The van der Waals surface area contributed by atoms with Gasteiger partial charge in [-0.15, -0.1) is 11.6 Å². The molecular formula is C7H10ClNS. The Balaban J connectivity index is 2.15. The van der Waals surface area contributed by atoms with Crippen LogP contribution in [0.15, 0.2) is 16.8 Å². The van der Waals surface area contributed by atoms with Crippen molar-refractivity contribution in [1.82, 2.24) is 5.32 Å². The van der Waals surface area contributed by atoms with E-state index in [0.717, 1.165) is 13.1 Å². The van der Waals surface area contributed by atoms with Crippen molar-refractivity contribution < 1.29 is 0 Å². The zero-order valence-electron chi connectivity index (χ0n) is 5.64. The van der Waals surface area contributed by atoms with Crippen LogP contribution in [0.4, 0.5) is 0 Å². The fourth-order valence-corrected chi connectivity index (χ4v) is 1.50. The first-order valence-electron chi connectivity index (χ1n) is 3.21. The Bertz CT molecular complexity index is 162. The first kappa shape index (κ1) is 8.05. The maximum Gasteiger partial charge on any atom is 0.0348 e. The lowest BCUT2D eigenvalue weighted by Gasteiger charge is -1.97. The summed E-state index contributed by atoms with van der Waals surface area (Å²) in [4.78, 5) is 0.